The minimum atomic E-state index is 0.0629. The summed E-state index contributed by atoms with van der Waals surface area (Å²) < 4.78 is 16.1. The van der Waals surface area contributed by atoms with E-state index in [1.165, 1.54) is 7.11 Å². The fourth-order valence-corrected chi connectivity index (χ4v) is 2.53. The molecule has 0 atom stereocenters. The molecule has 0 fully saturated rings. The number of halogens is 1. The molecule has 2 N–H and O–H groups in total. The van der Waals surface area contributed by atoms with Crippen LogP contribution in [0.5, 0.6) is 23.0 Å². The zero-order valence-electron chi connectivity index (χ0n) is 13.7. The van der Waals surface area contributed by atoms with Gasteiger partial charge in [-0.3, -0.25) is 0 Å². The molecule has 0 aliphatic rings. The molecule has 0 aliphatic heterocycles. The van der Waals surface area contributed by atoms with Crippen molar-refractivity contribution < 1.29 is 19.3 Å². The summed E-state index contributed by atoms with van der Waals surface area (Å²) >= 11 is 3.28. The van der Waals surface area contributed by atoms with E-state index in [2.05, 4.69) is 26.5 Å². The number of nitrogens with one attached hydrogen (secondary N) is 1. The Kier molecular flexibility index (Phi) is 6.31. The number of phenolic OH excluding ortho intramolecular Hbond substituents is 1. The lowest BCUT2D eigenvalue weighted by atomic mass is 10.2. The van der Waals surface area contributed by atoms with E-state index in [0.29, 0.717) is 28.3 Å². The number of nitrogens with zero attached hydrogens (tertiary/aromatic N) is 1. The third-order valence-electron chi connectivity index (χ3n) is 3.31. The Labute approximate surface area is 149 Å². The van der Waals surface area contributed by atoms with Gasteiger partial charge in [0.2, 0.25) is 0 Å². The number of benzene rings is 2. The maximum atomic E-state index is 9.78. The number of ether oxygens (including phenoxy) is 3. The second kappa shape index (κ2) is 8.44. The molecule has 24 heavy (non-hydrogen) atoms. The first-order chi connectivity index (χ1) is 11.6. The summed E-state index contributed by atoms with van der Waals surface area (Å²) in [7, 11) is 4.70. The summed E-state index contributed by atoms with van der Waals surface area (Å²) in [6, 6.07) is 9.12. The molecular formula is C17H19BrN2O4. The Morgan fingerprint density at radius 3 is 2.42 bits per heavy atom. The van der Waals surface area contributed by atoms with Gasteiger partial charge in [0, 0.05) is 0 Å². The highest BCUT2D eigenvalue weighted by atomic mass is 79.9. The first kappa shape index (κ1) is 17.9. The van der Waals surface area contributed by atoms with Crippen molar-refractivity contribution in [3.63, 3.8) is 0 Å². The highest BCUT2D eigenvalue weighted by molar-refractivity contribution is 9.10. The molecule has 0 aromatic heterocycles. The topological polar surface area (TPSA) is 72.3 Å². The monoisotopic (exact) mass is 394 g/mol. The maximum absolute atomic E-state index is 9.78. The standard InChI is InChI=1S/C17H19BrN2O4/c1-22-14-5-4-11(7-15(14)23-2)9-19-20-10-12-6-13(18)17(21)16(8-12)24-3/h4-8,10,19,21H,9H2,1-3H3/b20-10+. The van der Waals surface area contributed by atoms with Crippen molar-refractivity contribution in [2.45, 2.75) is 6.54 Å². The fraction of sp³-hybridized carbons (Fsp3) is 0.235. The number of methoxy groups -OCH3 is 3. The van der Waals surface area contributed by atoms with Gasteiger partial charge in [-0.05, 0) is 51.3 Å². The van der Waals surface area contributed by atoms with E-state index in [0.717, 1.165) is 11.1 Å². The smallest absolute Gasteiger partial charge is 0.172 e. The molecule has 0 radical (unpaired) electrons. The van der Waals surface area contributed by atoms with Gasteiger partial charge in [0.1, 0.15) is 0 Å². The van der Waals surface area contributed by atoms with Gasteiger partial charge in [0.25, 0.3) is 0 Å². The summed E-state index contributed by atoms with van der Waals surface area (Å²) in [5.41, 5.74) is 4.76. The summed E-state index contributed by atoms with van der Waals surface area (Å²) in [5.74, 6) is 1.80. The average Bonchev–Trinajstić information content (AvgIpc) is 2.61. The van der Waals surface area contributed by atoms with Gasteiger partial charge in [-0.1, -0.05) is 6.07 Å². The normalized spacial score (nSPS) is 10.7. The van der Waals surface area contributed by atoms with Gasteiger partial charge in [-0.2, -0.15) is 5.10 Å². The molecule has 0 aliphatic carbocycles. The number of phenols is 1. The van der Waals surface area contributed by atoms with E-state index in [4.69, 9.17) is 14.2 Å². The fourth-order valence-electron chi connectivity index (χ4n) is 2.07. The molecule has 0 amide bonds. The first-order valence-corrected chi connectivity index (χ1v) is 7.91. The quantitative estimate of drug-likeness (QED) is 0.556. The molecule has 6 nitrogen and oxygen atoms in total. The molecular weight excluding hydrogens is 376 g/mol. The predicted octanol–water partition coefficient (Wildman–Crippen LogP) is 3.30. The second-order valence-electron chi connectivity index (χ2n) is 4.84. The van der Waals surface area contributed by atoms with Crippen molar-refractivity contribution in [2.24, 2.45) is 5.10 Å². The van der Waals surface area contributed by atoms with Crippen LogP contribution in [0.15, 0.2) is 39.9 Å². The number of hydrazone groups is 1. The number of rotatable bonds is 7. The van der Waals surface area contributed by atoms with Crippen LogP contribution in [0.2, 0.25) is 0 Å². The lowest BCUT2D eigenvalue weighted by Crippen LogP contribution is -2.06. The molecule has 0 bridgehead atoms. The lowest BCUT2D eigenvalue weighted by molar-refractivity contribution is 0.354. The zero-order chi connectivity index (χ0) is 17.5. The molecule has 0 spiro atoms. The van der Waals surface area contributed by atoms with Crippen LogP contribution >= 0.6 is 15.9 Å². The van der Waals surface area contributed by atoms with Crippen molar-refractivity contribution in [1.82, 2.24) is 5.43 Å². The Balaban J connectivity index is 2.01. The van der Waals surface area contributed by atoms with Gasteiger partial charge in [-0.15, -0.1) is 0 Å². The van der Waals surface area contributed by atoms with Crippen molar-refractivity contribution in [3.8, 4) is 23.0 Å². The van der Waals surface area contributed by atoms with Gasteiger partial charge in [0.05, 0.1) is 38.6 Å². The molecule has 128 valence electrons. The molecule has 0 saturated heterocycles. The highest BCUT2D eigenvalue weighted by Crippen LogP contribution is 2.34. The van der Waals surface area contributed by atoms with Crippen LogP contribution in [0.1, 0.15) is 11.1 Å². The lowest BCUT2D eigenvalue weighted by Gasteiger charge is -2.09. The number of hydrogen-bond donors (Lipinski definition) is 2. The highest BCUT2D eigenvalue weighted by Gasteiger charge is 2.07. The summed E-state index contributed by atoms with van der Waals surface area (Å²) in [6.45, 7) is 0.535. The van der Waals surface area contributed by atoms with Crippen molar-refractivity contribution in [2.75, 3.05) is 21.3 Å². The number of hydrogen-bond acceptors (Lipinski definition) is 6. The van der Waals surface area contributed by atoms with Gasteiger partial charge in [-0.25, -0.2) is 0 Å². The summed E-state index contributed by atoms with van der Waals surface area (Å²) in [6.07, 6.45) is 1.65. The van der Waals surface area contributed by atoms with Crippen molar-refractivity contribution in [1.29, 1.82) is 0 Å². The third kappa shape index (κ3) is 4.32. The molecule has 0 heterocycles. The molecule has 0 saturated carbocycles. The van der Waals surface area contributed by atoms with Crippen LogP contribution in [-0.4, -0.2) is 32.7 Å². The SMILES string of the molecule is COc1ccc(CN/N=C/c2cc(Br)c(O)c(OC)c2)cc1OC. The third-order valence-corrected chi connectivity index (χ3v) is 3.91. The van der Waals surface area contributed by atoms with Crippen LogP contribution in [0, 0.1) is 0 Å². The zero-order valence-corrected chi connectivity index (χ0v) is 15.3. The summed E-state index contributed by atoms with van der Waals surface area (Å²) in [5, 5.41) is 14.0. The van der Waals surface area contributed by atoms with E-state index < -0.39 is 0 Å². The van der Waals surface area contributed by atoms with Crippen LogP contribution in [0.4, 0.5) is 0 Å². The van der Waals surface area contributed by atoms with E-state index in [1.807, 2.05) is 18.2 Å². The van der Waals surface area contributed by atoms with E-state index in [9.17, 15) is 5.11 Å². The van der Waals surface area contributed by atoms with Crippen molar-refractivity contribution in [3.05, 3.63) is 45.9 Å². The van der Waals surface area contributed by atoms with Gasteiger partial charge in [0.15, 0.2) is 23.0 Å². The number of aromatic hydroxyl groups is 1. The van der Waals surface area contributed by atoms with Crippen LogP contribution in [0.3, 0.4) is 0 Å². The maximum Gasteiger partial charge on any atom is 0.172 e. The Hall–Kier alpha value is -2.41. The first-order valence-electron chi connectivity index (χ1n) is 7.12. The Bertz CT molecular complexity index is 735. The predicted molar refractivity (Wildman–Crippen MR) is 96.3 cm³/mol. The molecule has 2 aromatic rings. The van der Waals surface area contributed by atoms with Crippen LogP contribution < -0.4 is 19.6 Å². The molecule has 2 rings (SSSR count). The second-order valence-corrected chi connectivity index (χ2v) is 5.69. The van der Waals surface area contributed by atoms with Crippen LogP contribution in [0.25, 0.3) is 0 Å². The average molecular weight is 395 g/mol. The molecule has 7 heteroatoms. The van der Waals surface area contributed by atoms with E-state index >= 15 is 0 Å². The minimum Gasteiger partial charge on any atom is -0.503 e. The Morgan fingerprint density at radius 2 is 1.75 bits per heavy atom. The minimum absolute atomic E-state index is 0.0629. The van der Waals surface area contributed by atoms with Gasteiger partial charge < -0.3 is 24.7 Å². The van der Waals surface area contributed by atoms with Crippen molar-refractivity contribution >= 4 is 22.1 Å². The largest absolute Gasteiger partial charge is 0.503 e. The van der Waals surface area contributed by atoms with Gasteiger partial charge >= 0.3 is 0 Å². The van der Waals surface area contributed by atoms with Crippen LogP contribution in [-0.2, 0) is 6.54 Å². The van der Waals surface area contributed by atoms with E-state index in [1.54, 1.807) is 32.6 Å². The summed E-state index contributed by atoms with van der Waals surface area (Å²) in [4.78, 5) is 0. The Morgan fingerprint density at radius 1 is 1.04 bits per heavy atom. The molecule has 0 unspecified atom stereocenters. The molecule has 2 aromatic carbocycles. The van der Waals surface area contributed by atoms with E-state index in [-0.39, 0.29) is 5.75 Å².